The number of ether oxygens (including phenoxy) is 1. The first-order valence-electron chi connectivity index (χ1n) is 5.22. The van der Waals surface area contributed by atoms with Crippen LogP contribution in [0.25, 0.3) is 0 Å². The zero-order valence-corrected chi connectivity index (χ0v) is 10.4. The Hall–Kier alpha value is -0.670. The minimum Gasteiger partial charge on any atom is -0.492 e. The first kappa shape index (κ1) is 12.4. The molecular weight excluding hydrogens is 206 g/mol. The number of thioether (sulfide) groups is 1. The van der Waals surface area contributed by atoms with E-state index in [0.29, 0.717) is 6.04 Å². The molecule has 1 N–H and O–H groups in total. The van der Waals surface area contributed by atoms with Gasteiger partial charge in [-0.15, -0.1) is 11.8 Å². The molecule has 1 rings (SSSR count). The Bertz CT molecular complexity index is 271. The maximum Gasteiger partial charge on any atom is 0.119 e. The van der Waals surface area contributed by atoms with Crippen molar-refractivity contribution in [2.75, 3.05) is 19.4 Å². The first-order chi connectivity index (χ1) is 7.22. The molecule has 0 aliphatic heterocycles. The van der Waals surface area contributed by atoms with Gasteiger partial charge >= 0.3 is 0 Å². The summed E-state index contributed by atoms with van der Waals surface area (Å²) in [6.07, 6.45) is 2.07. The topological polar surface area (TPSA) is 21.3 Å². The van der Waals surface area contributed by atoms with Gasteiger partial charge in [0.25, 0.3) is 0 Å². The average Bonchev–Trinajstić information content (AvgIpc) is 2.25. The van der Waals surface area contributed by atoms with Crippen LogP contribution in [0.5, 0.6) is 5.75 Å². The molecule has 15 heavy (non-hydrogen) atoms. The average molecular weight is 225 g/mol. The summed E-state index contributed by atoms with van der Waals surface area (Å²) < 4.78 is 5.58. The molecule has 3 heteroatoms. The van der Waals surface area contributed by atoms with E-state index in [-0.39, 0.29) is 0 Å². The minimum atomic E-state index is 0.521. The molecule has 0 fully saturated rings. The van der Waals surface area contributed by atoms with Crippen molar-refractivity contribution >= 4 is 11.8 Å². The van der Waals surface area contributed by atoms with Crippen LogP contribution in [0.2, 0.25) is 0 Å². The Morgan fingerprint density at radius 3 is 2.47 bits per heavy atom. The molecule has 0 amide bonds. The van der Waals surface area contributed by atoms with Crippen molar-refractivity contribution in [2.45, 2.75) is 24.8 Å². The molecule has 0 aromatic heterocycles. The van der Waals surface area contributed by atoms with Crippen molar-refractivity contribution in [1.82, 2.24) is 5.32 Å². The summed E-state index contributed by atoms with van der Waals surface area (Å²) >= 11 is 1.74. The molecule has 2 nitrogen and oxygen atoms in total. The summed E-state index contributed by atoms with van der Waals surface area (Å²) in [4.78, 5) is 1.27. The second-order valence-electron chi connectivity index (χ2n) is 3.63. The van der Waals surface area contributed by atoms with Crippen molar-refractivity contribution < 1.29 is 4.74 Å². The zero-order chi connectivity index (χ0) is 11.1. The molecule has 1 aromatic carbocycles. The Morgan fingerprint density at radius 1 is 1.27 bits per heavy atom. The van der Waals surface area contributed by atoms with Gasteiger partial charge in [0.05, 0.1) is 0 Å². The van der Waals surface area contributed by atoms with Crippen LogP contribution in [0.4, 0.5) is 0 Å². The minimum absolute atomic E-state index is 0.521. The van der Waals surface area contributed by atoms with Crippen molar-refractivity contribution in [3.63, 3.8) is 0 Å². The van der Waals surface area contributed by atoms with E-state index in [9.17, 15) is 0 Å². The summed E-state index contributed by atoms with van der Waals surface area (Å²) in [5.41, 5.74) is 0. The zero-order valence-electron chi connectivity index (χ0n) is 9.62. The maximum atomic E-state index is 5.58. The van der Waals surface area contributed by atoms with Crippen LogP contribution in [0.15, 0.2) is 29.2 Å². The third kappa shape index (κ3) is 5.09. The van der Waals surface area contributed by atoms with E-state index in [1.54, 1.807) is 11.8 Å². The summed E-state index contributed by atoms with van der Waals surface area (Å²) in [5.74, 6) is 0.943. The molecule has 0 spiro atoms. The molecule has 0 aliphatic carbocycles. The molecule has 0 bridgehead atoms. The van der Waals surface area contributed by atoms with Gasteiger partial charge in [-0.2, -0.15) is 0 Å². The molecule has 0 heterocycles. The summed E-state index contributed by atoms with van der Waals surface area (Å²) in [5, 5.41) is 3.31. The SMILES string of the molecule is CSc1ccc(OCCNC(C)C)cc1. The molecule has 0 aliphatic rings. The fraction of sp³-hybridized carbons (Fsp3) is 0.500. The van der Waals surface area contributed by atoms with E-state index in [0.717, 1.165) is 18.9 Å². The highest BCUT2D eigenvalue weighted by Crippen LogP contribution is 2.18. The smallest absolute Gasteiger partial charge is 0.119 e. The van der Waals surface area contributed by atoms with Gasteiger partial charge in [-0.1, -0.05) is 13.8 Å². The number of rotatable bonds is 6. The second kappa shape index (κ2) is 6.75. The van der Waals surface area contributed by atoms with E-state index in [2.05, 4.69) is 37.6 Å². The highest BCUT2D eigenvalue weighted by Gasteiger charge is 1.95. The lowest BCUT2D eigenvalue weighted by Crippen LogP contribution is -2.27. The predicted molar refractivity (Wildman–Crippen MR) is 66.9 cm³/mol. The third-order valence-electron chi connectivity index (χ3n) is 1.98. The van der Waals surface area contributed by atoms with Crippen LogP contribution in [0, 0.1) is 0 Å². The normalized spacial score (nSPS) is 10.7. The van der Waals surface area contributed by atoms with Gasteiger partial charge in [0.1, 0.15) is 12.4 Å². The standard InChI is InChI=1S/C12H19NOS/c1-10(2)13-8-9-14-11-4-6-12(15-3)7-5-11/h4-7,10,13H,8-9H2,1-3H3. The molecule has 0 atom stereocenters. The van der Waals surface area contributed by atoms with Crippen LogP contribution in [0.3, 0.4) is 0 Å². The van der Waals surface area contributed by atoms with Gasteiger partial charge < -0.3 is 10.1 Å². The Morgan fingerprint density at radius 2 is 1.93 bits per heavy atom. The van der Waals surface area contributed by atoms with Crippen LogP contribution in [-0.4, -0.2) is 25.4 Å². The van der Waals surface area contributed by atoms with Crippen LogP contribution in [-0.2, 0) is 0 Å². The maximum absolute atomic E-state index is 5.58. The molecule has 1 aromatic rings. The monoisotopic (exact) mass is 225 g/mol. The van der Waals surface area contributed by atoms with Gasteiger partial charge in [0.2, 0.25) is 0 Å². The molecule has 84 valence electrons. The predicted octanol–water partition coefficient (Wildman–Crippen LogP) is 2.79. The molecular formula is C12H19NOS. The molecule has 0 saturated heterocycles. The lowest BCUT2D eigenvalue weighted by Gasteiger charge is -2.09. The lowest BCUT2D eigenvalue weighted by molar-refractivity contribution is 0.309. The van der Waals surface area contributed by atoms with E-state index < -0.39 is 0 Å². The molecule has 0 saturated carbocycles. The van der Waals surface area contributed by atoms with Gasteiger partial charge in [-0.3, -0.25) is 0 Å². The van der Waals surface area contributed by atoms with Gasteiger partial charge in [-0.05, 0) is 30.5 Å². The first-order valence-corrected chi connectivity index (χ1v) is 6.45. The second-order valence-corrected chi connectivity index (χ2v) is 4.51. The highest BCUT2D eigenvalue weighted by molar-refractivity contribution is 7.98. The van der Waals surface area contributed by atoms with E-state index in [1.165, 1.54) is 4.90 Å². The van der Waals surface area contributed by atoms with E-state index in [1.807, 2.05) is 12.1 Å². The number of hydrogen-bond acceptors (Lipinski definition) is 3. The Kier molecular flexibility index (Phi) is 5.58. The summed E-state index contributed by atoms with van der Waals surface area (Å²) in [6.45, 7) is 5.87. The number of hydrogen-bond donors (Lipinski definition) is 1. The van der Waals surface area contributed by atoms with Crippen molar-refractivity contribution in [3.8, 4) is 5.75 Å². The third-order valence-corrected chi connectivity index (χ3v) is 2.73. The van der Waals surface area contributed by atoms with Gasteiger partial charge in [0.15, 0.2) is 0 Å². The summed E-state index contributed by atoms with van der Waals surface area (Å²) in [6, 6.07) is 8.71. The Labute approximate surface area is 96.4 Å². The van der Waals surface area contributed by atoms with Crippen LogP contribution < -0.4 is 10.1 Å². The Balaban J connectivity index is 2.25. The fourth-order valence-electron chi connectivity index (χ4n) is 1.19. The number of nitrogens with one attached hydrogen (secondary N) is 1. The van der Waals surface area contributed by atoms with Crippen LogP contribution in [0.1, 0.15) is 13.8 Å². The molecule has 0 unspecified atom stereocenters. The van der Waals surface area contributed by atoms with Gasteiger partial charge in [-0.25, -0.2) is 0 Å². The van der Waals surface area contributed by atoms with Crippen LogP contribution >= 0.6 is 11.8 Å². The quantitative estimate of drug-likeness (QED) is 0.594. The van der Waals surface area contributed by atoms with Crippen molar-refractivity contribution in [1.29, 1.82) is 0 Å². The molecule has 0 radical (unpaired) electrons. The fourth-order valence-corrected chi connectivity index (χ4v) is 1.60. The van der Waals surface area contributed by atoms with Gasteiger partial charge in [0, 0.05) is 17.5 Å². The van der Waals surface area contributed by atoms with E-state index in [4.69, 9.17) is 4.74 Å². The highest BCUT2D eigenvalue weighted by atomic mass is 32.2. The van der Waals surface area contributed by atoms with Crippen molar-refractivity contribution in [3.05, 3.63) is 24.3 Å². The summed E-state index contributed by atoms with van der Waals surface area (Å²) in [7, 11) is 0. The largest absolute Gasteiger partial charge is 0.492 e. The number of benzene rings is 1. The van der Waals surface area contributed by atoms with Crippen molar-refractivity contribution in [2.24, 2.45) is 0 Å². The van der Waals surface area contributed by atoms with E-state index >= 15 is 0 Å². The lowest BCUT2D eigenvalue weighted by atomic mass is 10.3.